The lowest BCUT2D eigenvalue weighted by atomic mass is 10.00. The summed E-state index contributed by atoms with van der Waals surface area (Å²) in [6, 6.07) is 0.571. The maximum Gasteiger partial charge on any atom is 0.221 e. The molecular weight excluding hydrogens is 176 g/mol. The zero-order valence-electron chi connectivity index (χ0n) is 9.31. The number of rotatable bonds is 5. The van der Waals surface area contributed by atoms with Gasteiger partial charge in [-0.2, -0.15) is 0 Å². The van der Waals surface area contributed by atoms with Crippen LogP contribution in [0.3, 0.4) is 0 Å². The molecule has 0 aliphatic heterocycles. The molecule has 1 rings (SSSR count). The van der Waals surface area contributed by atoms with Crippen LogP contribution in [0.4, 0.5) is 0 Å². The van der Waals surface area contributed by atoms with Crippen LogP contribution in [-0.2, 0) is 4.79 Å². The fourth-order valence-electron chi connectivity index (χ4n) is 2.16. The number of hydrogen-bond acceptors (Lipinski definition) is 2. The minimum absolute atomic E-state index is 0.121. The molecule has 3 nitrogen and oxygen atoms in total. The van der Waals surface area contributed by atoms with Crippen LogP contribution in [0.15, 0.2) is 0 Å². The highest BCUT2D eigenvalue weighted by molar-refractivity contribution is 5.75. The number of carbonyl (C=O) groups is 1. The highest BCUT2D eigenvalue weighted by Crippen LogP contribution is 2.27. The summed E-state index contributed by atoms with van der Waals surface area (Å²) >= 11 is 0. The van der Waals surface area contributed by atoms with Crippen LogP contribution in [0.2, 0.25) is 0 Å². The van der Waals surface area contributed by atoms with Gasteiger partial charge in [-0.05, 0) is 25.7 Å². The smallest absolute Gasteiger partial charge is 0.221 e. The second kappa shape index (κ2) is 6.02. The molecule has 0 spiro atoms. The van der Waals surface area contributed by atoms with Gasteiger partial charge in [0, 0.05) is 26.1 Å². The molecular formula is C11H22N2O. The molecule has 0 aromatic carbocycles. The average Bonchev–Trinajstić information content (AvgIpc) is 2.70. The predicted molar refractivity (Wildman–Crippen MR) is 58.1 cm³/mol. The Morgan fingerprint density at radius 2 is 2.07 bits per heavy atom. The van der Waals surface area contributed by atoms with Crippen LogP contribution in [0.5, 0.6) is 0 Å². The summed E-state index contributed by atoms with van der Waals surface area (Å²) in [5, 5.41) is 6.06. The lowest BCUT2D eigenvalue weighted by molar-refractivity contribution is -0.120. The number of carbonyl (C=O) groups excluding carboxylic acids is 1. The van der Waals surface area contributed by atoms with E-state index in [4.69, 9.17) is 0 Å². The van der Waals surface area contributed by atoms with E-state index in [2.05, 4.69) is 17.6 Å². The first-order valence-corrected chi connectivity index (χ1v) is 5.68. The van der Waals surface area contributed by atoms with Crippen molar-refractivity contribution < 1.29 is 4.79 Å². The Morgan fingerprint density at radius 1 is 1.43 bits per heavy atom. The largest absolute Gasteiger partial charge is 0.359 e. The van der Waals surface area contributed by atoms with Gasteiger partial charge in [-0.3, -0.25) is 4.79 Å². The third kappa shape index (κ3) is 3.66. The molecule has 1 atom stereocenters. The predicted octanol–water partition coefficient (Wildman–Crippen LogP) is 1.29. The molecule has 0 heterocycles. The topological polar surface area (TPSA) is 41.1 Å². The Hall–Kier alpha value is -0.570. The molecule has 0 radical (unpaired) electrons. The first-order chi connectivity index (χ1) is 6.74. The third-order valence-electron chi connectivity index (χ3n) is 3.20. The van der Waals surface area contributed by atoms with E-state index < -0.39 is 0 Å². The van der Waals surface area contributed by atoms with Crippen molar-refractivity contribution in [2.24, 2.45) is 5.92 Å². The maximum atomic E-state index is 11.0. The summed E-state index contributed by atoms with van der Waals surface area (Å²) in [6.07, 6.45) is 6.06. The Balaban J connectivity index is 2.08. The van der Waals surface area contributed by atoms with Crippen LogP contribution in [0.1, 0.15) is 39.0 Å². The van der Waals surface area contributed by atoms with Gasteiger partial charge in [0.15, 0.2) is 0 Å². The van der Waals surface area contributed by atoms with Crippen molar-refractivity contribution in [3.8, 4) is 0 Å². The van der Waals surface area contributed by atoms with E-state index in [-0.39, 0.29) is 5.91 Å². The fraction of sp³-hybridized carbons (Fsp3) is 0.909. The van der Waals surface area contributed by atoms with Crippen LogP contribution in [0, 0.1) is 5.92 Å². The van der Waals surface area contributed by atoms with Gasteiger partial charge < -0.3 is 10.6 Å². The Kier molecular flexibility index (Phi) is 4.94. The molecule has 14 heavy (non-hydrogen) atoms. The fourth-order valence-corrected chi connectivity index (χ4v) is 2.16. The van der Waals surface area contributed by atoms with Crippen LogP contribution >= 0.6 is 0 Å². The molecule has 2 N–H and O–H groups in total. The van der Waals surface area contributed by atoms with E-state index in [9.17, 15) is 4.79 Å². The van der Waals surface area contributed by atoms with Crippen molar-refractivity contribution in [3.63, 3.8) is 0 Å². The monoisotopic (exact) mass is 198 g/mol. The third-order valence-corrected chi connectivity index (χ3v) is 3.20. The van der Waals surface area contributed by atoms with E-state index in [0.29, 0.717) is 12.5 Å². The van der Waals surface area contributed by atoms with Gasteiger partial charge in [0.1, 0.15) is 0 Å². The zero-order chi connectivity index (χ0) is 10.4. The molecule has 0 aromatic rings. The molecule has 3 heteroatoms. The van der Waals surface area contributed by atoms with E-state index >= 15 is 0 Å². The molecule has 0 aromatic heterocycles. The highest BCUT2D eigenvalue weighted by Gasteiger charge is 2.20. The van der Waals surface area contributed by atoms with Gasteiger partial charge in [-0.1, -0.05) is 12.8 Å². The number of amides is 1. The molecule has 82 valence electrons. The van der Waals surface area contributed by atoms with Crippen molar-refractivity contribution in [1.82, 2.24) is 10.6 Å². The van der Waals surface area contributed by atoms with E-state index in [1.54, 1.807) is 7.05 Å². The molecule has 0 saturated heterocycles. The summed E-state index contributed by atoms with van der Waals surface area (Å²) < 4.78 is 0. The summed E-state index contributed by atoms with van der Waals surface area (Å²) in [5.74, 6) is 0.954. The van der Waals surface area contributed by atoms with E-state index in [1.165, 1.54) is 25.7 Å². The van der Waals surface area contributed by atoms with Crippen LogP contribution in [-0.4, -0.2) is 25.5 Å². The Labute approximate surface area is 86.6 Å². The molecule has 1 fully saturated rings. The summed E-state index contributed by atoms with van der Waals surface area (Å²) in [6.45, 7) is 3.04. The maximum absolute atomic E-state index is 11.0. The number of nitrogens with one attached hydrogen (secondary N) is 2. The summed E-state index contributed by atoms with van der Waals surface area (Å²) in [5.41, 5.74) is 0. The van der Waals surface area contributed by atoms with Gasteiger partial charge in [0.25, 0.3) is 0 Å². The summed E-state index contributed by atoms with van der Waals surface area (Å²) in [7, 11) is 1.68. The van der Waals surface area contributed by atoms with Crippen LogP contribution in [0.25, 0.3) is 0 Å². The highest BCUT2D eigenvalue weighted by atomic mass is 16.1. The second-order valence-corrected chi connectivity index (χ2v) is 4.21. The van der Waals surface area contributed by atoms with Crippen molar-refractivity contribution in [1.29, 1.82) is 0 Å². The van der Waals surface area contributed by atoms with Crippen LogP contribution < -0.4 is 10.6 Å². The van der Waals surface area contributed by atoms with E-state index in [1.807, 2.05) is 0 Å². The normalized spacial score (nSPS) is 19.6. The minimum Gasteiger partial charge on any atom is -0.359 e. The number of hydrogen-bond donors (Lipinski definition) is 2. The van der Waals surface area contributed by atoms with Crippen molar-refractivity contribution in [2.75, 3.05) is 13.6 Å². The van der Waals surface area contributed by atoms with Gasteiger partial charge in [0.05, 0.1) is 0 Å². The van der Waals surface area contributed by atoms with Gasteiger partial charge in [-0.25, -0.2) is 0 Å². The molecule has 1 aliphatic carbocycles. The van der Waals surface area contributed by atoms with Gasteiger partial charge >= 0.3 is 0 Å². The zero-order valence-corrected chi connectivity index (χ0v) is 9.31. The van der Waals surface area contributed by atoms with Crippen molar-refractivity contribution in [2.45, 2.75) is 45.1 Å². The molecule has 0 unspecified atom stereocenters. The molecule has 1 aliphatic rings. The lowest BCUT2D eigenvalue weighted by Gasteiger charge is -2.20. The SMILES string of the molecule is CNC(=O)CCN[C@@H](C)C1CCCC1. The van der Waals surface area contributed by atoms with Crippen molar-refractivity contribution in [3.05, 3.63) is 0 Å². The lowest BCUT2D eigenvalue weighted by Crippen LogP contribution is -2.35. The second-order valence-electron chi connectivity index (χ2n) is 4.21. The summed E-state index contributed by atoms with van der Waals surface area (Å²) in [4.78, 5) is 11.0. The average molecular weight is 198 g/mol. The Morgan fingerprint density at radius 3 is 2.64 bits per heavy atom. The minimum atomic E-state index is 0.121. The molecule has 1 amide bonds. The first kappa shape index (κ1) is 11.5. The molecule has 0 bridgehead atoms. The van der Waals surface area contributed by atoms with Gasteiger partial charge in [-0.15, -0.1) is 0 Å². The Bertz CT molecular complexity index is 176. The molecule has 1 saturated carbocycles. The van der Waals surface area contributed by atoms with E-state index in [0.717, 1.165) is 12.5 Å². The first-order valence-electron chi connectivity index (χ1n) is 5.68. The standard InChI is InChI=1S/C11H22N2O/c1-9(10-5-3-4-6-10)13-8-7-11(14)12-2/h9-10,13H,3-8H2,1-2H3,(H,12,14)/t9-/m0/s1. The quantitative estimate of drug-likeness (QED) is 0.699. The van der Waals surface area contributed by atoms with Gasteiger partial charge in [0.2, 0.25) is 5.91 Å². The van der Waals surface area contributed by atoms with Crippen molar-refractivity contribution >= 4 is 5.91 Å².